The van der Waals surface area contributed by atoms with E-state index in [1.54, 1.807) is 0 Å². The number of nitrogens with one attached hydrogen (secondary N) is 1. The van der Waals surface area contributed by atoms with Crippen LogP contribution in [-0.2, 0) is 9.59 Å². The number of aliphatic carboxylic acids is 2. The van der Waals surface area contributed by atoms with E-state index in [1.807, 2.05) is 0 Å². The van der Waals surface area contributed by atoms with Crippen molar-refractivity contribution in [2.24, 2.45) is 5.92 Å². The molecule has 3 N–H and O–H groups in total. The monoisotopic (exact) mass is 173 g/mol. The summed E-state index contributed by atoms with van der Waals surface area (Å²) >= 11 is 0. The molecule has 1 fully saturated rings. The standard InChI is InChI=1S/C7H11NO4/c9-6(10)4-1-2-8-5(3-4)7(11)12/h4-5,8H,1-3H2,(H,9,10)(H,11,12)/t4-,5+/m1/s1. The van der Waals surface area contributed by atoms with Crippen LogP contribution in [0.4, 0.5) is 0 Å². The zero-order valence-electron chi connectivity index (χ0n) is 6.49. The fraction of sp³-hybridized carbons (Fsp3) is 0.714. The molecule has 0 saturated carbocycles. The third kappa shape index (κ3) is 1.94. The summed E-state index contributed by atoms with van der Waals surface area (Å²) < 4.78 is 0. The lowest BCUT2D eigenvalue weighted by molar-refractivity contribution is -0.145. The maximum atomic E-state index is 10.5. The van der Waals surface area contributed by atoms with E-state index >= 15 is 0 Å². The third-order valence-corrected chi connectivity index (χ3v) is 2.05. The van der Waals surface area contributed by atoms with Crippen molar-refractivity contribution in [3.63, 3.8) is 0 Å². The minimum atomic E-state index is -0.971. The molecule has 0 aliphatic carbocycles. The maximum Gasteiger partial charge on any atom is 0.320 e. The molecule has 0 aromatic rings. The van der Waals surface area contributed by atoms with Gasteiger partial charge in [-0.25, -0.2) is 0 Å². The molecule has 0 unspecified atom stereocenters. The molecule has 1 rings (SSSR count). The molecule has 0 amide bonds. The van der Waals surface area contributed by atoms with E-state index in [0.29, 0.717) is 13.0 Å². The number of carboxylic acid groups (broad SMARTS) is 2. The summed E-state index contributed by atoms with van der Waals surface area (Å²) in [6.07, 6.45) is 0.698. The number of rotatable bonds is 2. The summed E-state index contributed by atoms with van der Waals surface area (Å²) in [5.74, 6) is -2.38. The Labute approximate surface area is 69.4 Å². The number of carbonyl (C=O) groups is 2. The molecule has 1 aliphatic rings. The van der Waals surface area contributed by atoms with E-state index in [1.165, 1.54) is 0 Å². The molecule has 1 saturated heterocycles. The first-order valence-corrected chi connectivity index (χ1v) is 3.80. The Balaban J connectivity index is 2.51. The van der Waals surface area contributed by atoms with Gasteiger partial charge in [-0.15, -0.1) is 0 Å². The van der Waals surface area contributed by atoms with E-state index in [9.17, 15) is 9.59 Å². The van der Waals surface area contributed by atoms with Gasteiger partial charge in [0.1, 0.15) is 6.04 Å². The molecule has 0 aromatic heterocycles. The number of hydrogen-bond acceptors (Lipinski definition) is 3. The van der Waals surface area contributed by atoms with Crippen LogP contribution < -0.4 is 5.32 Å². The molecule has 5 heteroatoms. The second-order valence-corrected chi connectivity index (χ2v) is 2.90. The van der Waals surface area contributed by atoms with Gasteiger partial charge in [0.15, 0.2) is 0 Å². The van der Waals surface area contributed by atoms with Gasteiger partial charge in [-0.2, -0.15) is 0 Å². The topological polar surface area (TPSA) is 86.6 Å². The molecule has 0 bridgehead atoms. The lowest BCUT2D eigenvalue weighted by Gasteiger charge is -2.24. The van der Waals surface area contributed by atoms with E-state index < -0.39 is 23.9 Å². The van der Waals surface area contributed by atoms with Crippen molar-refractivity contribution in [2.45, 2.75) is 18.9 Å². The van der Waals surface area contributed by atoms with Crippen LogP contribution in [0.1, 0.15) is 12.8 Å². The molecular weight excluding hydrogens is 162 g/mol. The van der Waals surface area contributed by atoms with Gasteiger partial charge in [0.2, 0.25) is 0 Å². The fourth-order valence-electron chi connectivity index (χ4n) is 1.33. The molecular formula is C7H11NO4. The maximum absolute atomic E-state index is 10.5. The average molecular weight is 173 g/mol. The fourth-order valence-corrected chi connectivity index (χ4v) is 1.33. The van der Waals surface area contributed by atoms with Crippen molar-refractivity contribution in [3.8, 4) is 0 Å². The van der Waals surface area contributed by atoms with Gasteiger partial charge in [0, 0.05) is 0 Å². The first-order chi connectivity index (χ1) is 5.61. The lowest BCUT2D eigenvalue weighted by Crippen LogP contribution is -2.45. The molecule has 5 nitrogen and oxygen atoms in total. The second kappa shape index (κ2) is 3.53. The van der Waals surface area contributed by atoms with Crippen molar-refractivity contribution < 1.29 is 19.8 Å². The van der Waals surface area contributed by atoms with Crippen LogP contribution in [0.15, 0.2) is 0 Å². The van der Waals surface area contributed by atoms with Crippen LogP contribution in [0.5, 0.6) is 0 Å². The van der Waals surface area contributed by atoms with Crippen LogP contribution in [0.3, 0.4) is 0 Å². The minimum absolute atomic E-state index is 0.185. The summed E-state index contributed by atoms with van der Waals surface area (Å²) in [4.78, 5) is 21.0. The molecule has 1 aliphatic heterocycles. The van der Waals surface area contributed by atoms with Crippen LogP contribution in [-0.4, -0.2) is 34.7 Å². The number of piperidine rings is 1. The van der Waals surface area contributed by atoms with Gasteiger partial charge < -0.3 is 15.5 Å². The van der Waals surface area contributed by atoms with Crippen LogP contribution in [0.2, 0.25) is 0 Å². The lowest BCUT2D eigenvalue weighted by atomic mass is 9.93. The summed E-state index contributed by atoms with van der Waals surface area (Å²) in [6, 6.07) is -0.695. The second-order valence-electron chi connectivity index (χ2n) is 2.90. The van der Waals surface area contributed by atoms with Gasteiger partial charge in [-0.1, -0.05) is 0 Å². The zero-order chi connectivity index (χ0) is 9.14. The Morgan fingerprint density at radius 1 is 1.25 bits per heavy atom. The van der Waals surface area contributed by atoms with Gasteiger partial charge in [0.05, 0.1) is 5.92 Å². The van der Waals surface area contributed by atoms with E-state index in [0.717, 1.165) is 0 Å². The first-order valence-electron chi connectivity index (χ1n) is 3.80. The molecule has 68 valence electrons. The number of carboxylic acids is 2. The molecule has 1 heterocycles. The predicted molar refractivity (Wildman–Crippen MR) is 39.8 cm³/mol. The highest BCUT2D eigenvalue weighted by molar-refractivity contribution is 5.76. The Kier molecular flexibility index (Phi) is 2.65. The summed E-state index contributed by atoms with van der Waals surface area (Å²) in [5, 5.41) is 19.9. The number of hydrogen-bond donors (Lipinski definition) is 3. The molecule has 2 atom stereocenters. The summed E-state index contributed by atoms with van der Waals surface area (Å²) in [6.45, 7) is 0.466. The Morgan fingerprint density at radius 3 is 2.42 bits per heavy atom. The van der Waals surface area contributed by atoms with Crippen LogP contribution in [0.25, 0.3) is 0 Å². The summed E-state index contributed by atoms with van der Waals surface area (Å²) in [7, 11) is 0. The Hall–Kier alpha value is -1.10. The molecule has 0 aromatic carbocycles. The van der Waals surface area contributed by atoms with E-state index in [-0.39, 0.29) is 6.42 Å². The van der Waals surface area contributed by atoms with Crippen LogP contribution >= 0.6 is 0 Å². The van der Waals surface area contributed by atoms with E-state index in [2.05, 4.69) is 5.32 Å². The summed E-state index contributed by atoms with van der Waals surface area (Å²) in [5.41, 5.74) is 0. The third-order valence-electron chi connectivity index (χ3n) is 2.05. The normalized spacial score (nSPS) is 29.7. The van der Waals surface area contributed by atoms with Gasteiger partial charge in [0.25, 0.3) is 0 Å². The molecule has 0 spiro atoms. The van der Waals surface area contributed by atoms with Crippen molar-refractivity contribution >= 4 is 11.9 Å². The smallest absolute Gasteiger partial charge is 0.320 e. The first kappa shape index (κ1) is 8.99. The SMILES string of the molecule is O=C(O)[C@@H]1CCN[C@H](C(=O)O)C1. The van der Waals surface area contributed by atoms with Gasteiger partial charge >= 0.3 is 11.9 Å². The highest BCUT2D eigenvalue weighted by atomic mass is 16.4. The average Bonchev–Trinajstić information content (AvgIpc) is 2.04. The Bertz CT molecular complexity index is 184. The van der Waals surface area contributed by atoms with Gasteiger partial charge in [-0.3, -0.25) is 9.59 Å². The van der Waals surface area contributed by atoms with E-state index in [4.69, 9.17) is 10.2 Å². The Morgan fingerprint density at radius 2 is 1.92 bits per heavy atom. The minimum Gasteiger partial charge on any atom is -0.481 e. The quantitative estimate of drug-likeness (QED) is 0.525. The highest BCUT2D eigenvalue weighted by Crippen LogP contribution is 2.16. The largest absolute Gasteiger partial charge is 0.481 e. The zero-order valence-corrected chi connectivity index (χ0v) is 6.49. The van der Waals surface area contributed by atoms with Crippen molar-refractivity contribution in [3.05, 3.63) is 0 Å². The highest BCUT2D eigenvalue weighted by Gasteiger charge is 2.30. The molecule has 0 radical (unpaired) electrons. The van der Waals surface area contributed by atoms with Crippen molar-refractivity contribution in [2.75, 3.05) is 6.54 Å². The van der Waals surface area contributed by atoms with Crippen molar-refractivity contribution in [1.82, 2.24) is 5.32 Å². The van der Waals surface area contributed by atoms with Crippen molar-refractivity contribution in [1.29, 1.82) is 0 Å². The van der Waals surface area contributed by atoms with Gasteiger partial charge in [-0.05, 0) is 19.4 Å². The molecule has 12 heavy (non-hydrogen) atoms. The van der Waals surface area contributed by atoms with Crippen LogP contribution in [0, 0.1) is 5.92 Å². The predicted octanol–water partition coefficient (Wildman–Crippen LogP) is -0.476.